The van der Waals surface area contributed by atoms with Gasteiger partial charge in [-0.2, -0.15) is 12.4 Å². The van der Waals surface area contributed by atoms with Gasteiger partial charge in [-0.25, -0.2) is 0 Å². The quantitative estimate of drug-likeness (QED) is 0.201. The van der Waals surface area contributed by atoms with Crippen LogP contribution in [0.2, 0.25) is 0 Å². The van der Waals surface area contributed by atoms with E-state index in [2.05, 4.69) is 118 Å². The van der Waals surface area contributed by atoms with E-state index in [1.54, 1.807) is 15.9 Å². The Morgan fingerprint density at radius 1 is 0.514 bits per heavy atom. The first-order chi connectivity index (χ1) is 18.4. The van der Waals surface area contributed by atoms with Crippen LogP contribution in [0.15, 0.2) is 116 Å². The Hall–Kier alpha value is -0.857. The molecule has 0 bridgehead atoms. The van der Waals surface area contributed by atoms with E-state index in [1.165, 1.54) is 49.8 Å². The van der Waals surface area contributed by atoms with Gasteiger partial charge < -0.3 is 5.32 Å². The predicted molar refractivity (Wildman–Crippen MR) is 174 cm³/mol. The molecular formula is C31H40ClNP3Ru+3. The summed E-state index contributed by atoms with van der Waals surface area (Å²) in [6.07, 6.45) is 20.5. The van der Waals surface area contributed by atoms with Crippen LogP contribution in [0.1, 0.15) is 19.3 Å². The normalized spacial score (nSPS) is 23.4. The van der Waals surface area contributed by atoms with Crippen molar-refractivity contribution in [3.8, 4) is 0 Å². The van der Waals surface area contributed by atoms with Crippen molar-refractivity contribution in [2.75, 3.05) is 37.0 Å². The molecule has 4 rings (SSSR count). The van der Waals surface area contributed by atoms with Gasteiger partial charge in [-0.05, 0) is 42.8 Å². The van der Waals surface area contributed by atoms with Crippen molar-refractivity contribution in [1.29, 1.82) is 0 Å². The monoisotopic (exact) mass is 656 g/mol. The van der Waals surface area contributed by atoms with Crippen molar-refractivity contribution in [1.82, 2.24) is 0 Å². The number of benzene rings is 3. The van der Waals surface area contributed by atoms with Gasteiger partial charge in [0.05, 0.1) is 52.9 Å². The fraction of sp³-hybridized carbons (Fsp3) is 0.290. The molecular weight excluding hydrogens is 616 g/mol. The molecule has 37 heavy (non-hydrogen) atoms. The van der Waals surface area contributed by atoms with Gasteiger partial charge in [0.2, 0.25) is 0 Å². The van der Waals surface area contributed by atoms with Crippen LogP contribution < -0.4 is 15.9 Å². The van der Waals surface area contributed by atoms with Crippen LogP contribution in [-0.2, 0) is 17.3 Å². The minimum atomic E-state index is -0.593. The molecule has 1 aliphatic heterocycles. The number of rotatable bonds is 3. The second-order valence-corrected chi connectivity index (χ2v) is 17.5. The number of hydrogen-bond donors (Lipinski definition) is 0. The Balaban J connectivity index is 0.00000186. The fourth-order valence-electron chi connectivity index (χ4n) is 4.94. The summed E-state index contributed by atoms with van der Waals surface area (Å²) in [5.74, 6) is 0. The molecule has 0 spiro atoms. The van der Waals surface area contributed by atoms with Crippen molar-refractivity contribution in [3.63, 3.8) is 0 Å². The van der Waals surface area contributed by atoms with Gasteiger partial charge in [0, 0.05) is 36.6 Å². The Morgan fingerprint density at radius 2 is 0.919 bits per heavy atom. The van der Waals surface area contributed by atoms with Gasteiger partial charge in [-0.1, -0.05) is 60.7 Å². The van der Waals surface area contributed by atoms with E-state index in [1.807, 2.05) is 29.7 Å². The summed E-state index contributed by atoms with van der Waals surface area (Å²) in [5.41, 5.74) is 0. The van der Waals surface area contributed by atoms with Crippen LogP contribution in [-0.4, -0.2) is 37.0 Å². The fourth-order valence-corrected chi connectivity index (χ4v) is 13.3. The number of halogens is 1. The average molecular weight is 656 g/mol. The van der Waals surface area contributed by atoms with E-state index in [0.29, 0.717) is 0 Å². The SMILES string of the molecule is C1=C\[N-]/C=C\C[PH+](c2ccccc2)CCC[PH+](c2ccccc2)CCC[PH+](c2ccccc2)CC/1.[Cl][Ru+]. The summed E-state index contributed by atoms with van der Waals surface area (Å²) in [7, 11) is 2.92. The molecule has 0 aromatic heterocycles. The van der Waals surface area contributed by atoms with Gasteiger partial charge >= 0.3 is 27.0 Å². The maximum atomic E-state index is 4.57. The first-order valence-corrected chi connectivity index (χ1v) is 21.2. The predicted octanol–water partition coefficient (Wildman–Crippen LogP) is 7.88. The molecule has 0 N–H and O–H groups in total. The molecule has 0 radical (unpaired) electrons. The average Bonchev–Trinajstić information content (AvgIpc) is 2.98. The van der Waals surface area contributed by atoms with Crippen LogP contribution in [0.5, 0.6) is 0 Å². The molecule has 1 nitrogen and oxygen atoms in total. The third-order valence-electron chi connectivity index (χ3n) is 6.82. The molecule has 3 aromatic rings. The molecule has 1 aliphatic rings. The number of allylic oxidation sites excluding steroid dienone is 2. The topological polar surface area (TPSA) is 14.1 Å². The zero-order valence-corrected chi connectivity index (χ0v) is 27.0. The van der Waals surface area contributed by atoms with E-state index in [9.17, 15) is 0 Å². The summed E-state index contributed by atoms with van der Waals surface area (Å²) in [5, 5.41) is 9.38. The summed E-state index contributed by atoms with van der Waals surface area (Å²) in [4.78, 5) is 0. The number of nitrogens with zero attached hydrogens (tertiary/aromatic N) is 1. The van der Waals surface area contributed by atoms with Crippen LogP contribution in [0.25, 0.3) is 5.32 Å². The molecule has 0 saturated heterocycles. The summed E-state index contributed by atoms with van der Waals surface area (Å²) >= 11 is 1.82. The zero-order chi connectivity index (χ0) is 26.0. The summed E-state index contributed by atoms with van der Waals surface area (Å²) < 4.78 is 0. The molecule has 6 heteroatoms. The molecule has 0 amide bonds. The molecule has 3 aromatic carbocycles. The summed E-state index contributed by atoms with van der Waals surface area (Å²) in [6, 6.07) is 34.0. The molecule has 0 saturated carbocycles. The Kier molecular flexibility index (Phi) is 16.0. The van der Waals surface area contributed by atoms with Crippen LogP contribution in [0, 0.1) is 0 Å². The Labute approximate surface area is 242 Å². The van der Waals surface area contributed by atoms with Gasteiger partial charge in [0.15, 0.2) is 0 Å². The van der Waals surface area contributed by atoms with Crippen molar-refractivity contribution in [3.05, 3.63) is 121 Å². The van der Waals surface area contributed by atoms with Gasteiger partial charge in [-0.3, -0.25) is 0 Å². The Morgan fingerprint density at radius 3 is 1.43 bits per heavy atom. The van der Waals surface area contributed by atoms with E-state index in [4.69, 9.17) is 0 Å². The zero-order valence-electron chi connectivity index (χ0n) is 21.5. The van der Waals surface area contributed by atoms with Crippen molar-refractivity contribution in [2.45, 2.75) is 19.3 Å². The van der Waals surface area contributed by atoms with Gasteiger partial charge in [-0.15, -0.1) is 6.08 Å². The molecule has 3 unspecified atom stereocenters. The second kappa shape index (κ2) is 19.2. The molecule has 0 aliphatic carbocycles. The van der Waals surface area contributed by atoms with E-state index in [0.717, 1.165) is 6.42 Å². The van der Waals surface area contributed by atoms with E-state index < -0.39 is 23.8 Å². The van der Waals surface area contributed by atoms with Crippen LogP contribution in [0.4, 0.5) is 0 Å². The number of hydrogen-bond acceptors (Lipinski definition) is 0. The van der Waals surface area contributed by atoms with Crippen molar-refractivity contribution < 1.29 is 17.3 Å². The van der Waals surface area contributed by atoms with Gasteiger partial charge in [0.1, 0.15) is 0 Å². The Bertz CT molecular complexity index is 1030. The third-order valence-corrected chi connectivity index (χ3v) is 15.7. The molecule has 3 atom stereocenters. The summed E-state index contributed by atoms with van der Waals surface area (Å²) in [6.45, 7) is 0. The maximum absolute atomic E-state index is 4.57. The van der Waals surface area contributed by atoms with Gasteiger partial charge in [0.25, 0.3) is 0 Å². The standard InChI is InChI=1S/C31H37NP3.ClH.Ru/c1-4-15-29(16-5-1)33-23-11-10-21-32-22-12-24-34(30-17-6-2-7-18-30)26-14-28-35(27-13-25-33)31-19-8-3-9-20-31;;/h1-10,12,15-22H,11,13-14,23-28H2;1H;/q-1;;+2/p+2/b21-10-,22-12-;;. The third kappa shape index (κ3) is 11.4. The molecule has 0 fully saturated rings. The van der Waals surface area contributed by atoms with Crippen LogP contribution in [0.3, 0.4) is 0 Å². The second-order valence-electron chi connectivity index (χ2n) is 9.28. The van der Waals surface area contributed by atoms with Crippen molar-refractivity contribution >= 4 is 49.4 Å². The van der Waals surface area contributed by atoms with E-state index >= 15 is 0 Å². The molecule has 196 valence electrons. The molecule has 1 heterocycles. The first kappa shape index (κ1) is 30.7. The van der Waals surface area contributed by atoms with Crippen LogP contribution >= 0.6 is 33.5 Å². The minimum absolute atomic E-state index is 0.522. The van der Waals surface area contributed by atoms with Crippen molar-refractivity contribution in [2.24, 2.45) is 0 Å². The first-order valence-electron chi connectivity index (χ1n) is 13.2. The van der Waals surface area contributed by atoms with E-state index in [-0.39, 0.29) is 0 Å².